The predicted molar refractivity (Wildman–Crippen MR) is 142 cm³/mol. The molecule has 4 nitrogen and oxygen atoms in total. The van der Waals surface area contributed by atoms with Crippen molar-refractivity contribution in [3.05, 3.63) is 141 Å². The molecule has 0 bridgehead atoms. The van der Waals surface area contributed by atoms with Gasteiger partial charge in [0.1, 0.15) is 16.9 Å². The summed E-state index contributed by atoms with van der Waals surface area (Å²) in [7, 11) is 0. The Bertz CT molecular complexity index is 1610. The minimum absolute atomic E-state index is 0.0465. The standard InChI is InChI=1S/C30H19BrO4/c31-23-16-14-20(15-17-23)19-10-12-22(13-11-19)26(32)18-25(21-6-2-1-3-7-21)28-29(33)24-8-4-5-9-27(24)35-30(28)34/h1-18,33H. The molecular formula is C30H19BrO4. The highest BCUT2D eigenvalue weighted by Gasteiger charge is 2.20. The Morgan fingerprint density at radius 2 is 1.34 bits per heavy atom. The van der Waals surface area contributed by atoms with Crippen molar-refractivity contribution >= 4 is 38.3 Å². The molecule has 0 spiro atoms. The Morgan fingerprint density at radius 3 is 2.03 bits per heavy atom. The second-order valence-corrected chi connectivity index (χ2v) is 8.90. The normalized spacial score (nSPS) is 11.5. The van der Waals surface area contributed by atoms with Crippen molar-refractivity contribution in [1.29, 1.82) is 0 Å². The first-order chi connectivity index (χ1) is 17.0. The zero-order valence-electron chi connectivity index (χ0n) is 18.4. The fourth-order valence-corrected chi connectivity index (χ4v) is 4.24. The molecule has 0 radical (unpaired) electrons. The first-order valence-corrected chi connectivity index (χ1v) is 11.7. The van der Waals surface area contributed by atoms with E-state index < -0.39 is 5.63 Å². The average molecular weight is 523 g/mol. The number of benzene rings is 4. The van der Waals surface area contributed by atoms with E-state index in [9.17, 15) is 14.7 Å². The molecule has 0 saturated heterocycles. The molecule has 0 aliphatic rings. The molecule has 5 aromatic rings. The number of rotatable bonds is 5. The monoisotopic (exact) mass is 522 g/mol. The van der Waals surface area contributed by atoms with Gasteiger partial charge in [-0.3, -0.25) is 4.79 Å². The predicted octanol–water partition coefficient (Wildman–Crippen LogP) is 7.24. The number of para-hydroxylation sites is 1. The van der Waals surface area contributed by atoms with Gasteiger partial charge in [0, 0.05) is 15.6 Å². The zero-order chi connectivity index (χ0) is 24.4. The highest BCUT2D eigenvalue weighted by Crippen LogP contribution is 2.34. The number of halogens is 1. The third-order valence-corrected chi connectivity index (χ3v) is 6.29. The first-order valence-electron chi connectivity index (χ1n) is 10.9. The van der Waals surface area contributed by atoms with E-state index >= 15 is 0 Å². The van der Waals surface area contributed by atoms with Gasteiger partial charge in [0.05, 0.1) is 5.39 Å². The third kappa shape index (κ3) is 4.59. The van der Waals surface area contributed by atoms with Crippen LogP contribution in [0.25, 0.3) is 27.7 Å². The molecule has 35 heavy (non-hydrogen) atoms. The summed E-state index contributed by atoms with van der Waals surface area (Å²) in [4.78, 5) is 26.2. The van der Waals surface area contributed by atoms with Crippen LogP contribution in [0.3, 0.4) is 0 Å². The highest BCUT2D eigenvalue weighted by atomic mass is 79.9. The van der Waals surface area contributed by atoms with Crippen LogP contribution in [0.4, 0.5) is 0 Å². The van der Waals surface area contributed by atoms with Gasteiger partial charge in [-0.25, -0.2) is 4.79 Å². The quantitative estimate of drug-likeness (QED) is 0.150. The second kappa shape index (κ2) is 9.57. The van der Waals surface area contributed by atoms with E-state index in [0.29, 0.717) is 22.1 Å². The molecule has 0 fully saturated rings. The molecule has 0 atom stereocenters. The summed E-state index contributed by atoms with van der Waals surface area (Å²) >= 11 is 3.44. The third-order valence-electron chi connectivity index (χ3n) is 5.76. The van der Waals surface area contributed by atoms with Crippen LogP contribution in [0, 0.1) is 0 Å². The van der Waals surface area contributed by atoms with E-state index in [1.54, 1.807) is 60.7 Å². The van der Waals surface area contributed by atoms with Crippen molar-refractivity contribution in [3.63, 3.8) is 0 Å². The van der Waals surface area contributed by atoms with Gasteiger partial charge in [0.25, 0.3) is 0 Å². The van der Waals surface area contributed by atoms with Gasteiger partial charge in [0.2, 0.25) is 0 Å². The van der Waals surface area contributed by atoms with Gasteiger partial charge in [-0.05, 0) is 47.0 Å². The molecule has 0 saturated carbocycles. The van der Waals surface area contributed by atoms with Crippen molar-refractivity contribution in [2.75, 3.05) is 0 Å². The van der Waals surface area contributed by atoms with Crippen molar-refractivity contribution in [2.24, 2.45) is 0 Å². The Labute approximate surface area is 209 Å². The highest BCUT2D eigenvalue weighted by molar-refractivity contribution is 9.10. The van der Waals surface area contributed by atoms with Gasteiger partial charge in [-0.15, -0.1) is 0 Å². The molecule has 0 aliphatic heterocycles. The summed E-state index contributed by atoms with van der Waals surface area (Å²) in [5.74, 6) is -0.511. The SMILES string of the molecule is O=C(C=C(c1ccccc1)c1c(O)c2ccccc2oc1=O)c1ccc(-c2ccc(Br)cc2)cc1. The lowest BCUT2D eigenvalue weighted by atomic mass is 9.94. The summed E-state index contributed by atoms with van der Waals surface area (Å²) in [5, 5.41) is 11.4. The van der Waals surface area contributed by atoms with Crippen LogP contribution >= 0.6 is 15.9 Å². The Hall–Kier alpha value is -4.22. The largest absolute Gasteiger partial charge is 0.506 e. The lowest BCUT2D eigenvalue weighted by molar-refractivity contribution is 0.104. The van der Waals surface area contributed by atoms with Crippen molar-refractivity contribution in [3.8, 4) is 16.9 Å². The number of ketones is 1. The Morgan fingerprint density at radius 1 is 0.743 bits per heavy atom. The van der Waals surface area contributed by atoms with Crippen LogP contribution in [0.15, 0.2) is 123 Å². The van der Waals surface area contributed by atoms with Gasteiger partial charge in [-0.2, -0.15) is 0 Å². The van der Waals surface area contributed by atoms with E-state index in [0.717, 1.165) is 15.6 Å². The first kappa shape index (κ1) is 22.6. The number of carbonyl (C=O) groups is 1. The average Bonchev–Trinajstić information content (AvgIpc) is 2.89. The van der Waals surface area contributed by atoms with Crippen LogP contribution in [-0.2, 0) is 0 Å². The van der Waals surface area contributed by atoms with Gasteiger partial charge >= 0.3 is 5.63 Å². The molecule has 1 heterocycles. The number of hydrogen-bond donors (Lipinski definition) is 1. The van der Waals surface area contributed by atoms with Crippen LogP contribution in [0.1, 0.15) is 21.5 Å². The van der Waals surface area contributed by atoms with Crippen LogP contribution in [-0.4, -0.2) is 10.9 Å². The zero-order valence-corrected chi connectivity index (χ0v) is 20.0. The van der Waals surface area contributed by atoms with E-state index in [-0.39, 0.29) is 22.7 Å². The van der Waals surface area contributed by atoms with Gasteiger partial charge < -0.3 is 9.52 Å². The smallest absolute Gasteiger partial charge is 0.348 e. The number of aromatic hydroxyl groups is 1. The van der Waals surface area contributed by atoms with Crippen LogP contribution in [0.5, 0.6) is 5.75 Å². The molecule has 1 N–H and O–H groups in total. The number of allylic oxidation sites excluding steroid dienone is 1. The molecule has 4 aromatic carbocycles. The number of carbonyl (C=O) groups excluding carboxylic acids is 1. The molecule has 5 heteroatoms. The van der Waals surface area contributed by atoms with Crippen molar-refractivity contribution in [2.45, 2.75) is 0 Å². The van der Waals surface area contributed by atoms with E-state index in [1.165, 1.54) is 6.08 Å². The maximum absolute atomic E-state index is 13.3. The minimum Gasteiger partial charge on any atom is -0.506 e. The summed E-state index contributed by atoms with van der Waals surface area (Å²) in [6, 6.07) is 31.0. The maximum atomic E-state index is 13.3. The summed E-state index contributed by atoms with van der Waals surface area (Å²) in [6.45, 7) is 0. The van der Waals surface area contributed by atoms with E-state index in [4.69, 9.17) is 4.42 Å². The molecule has 0 amide bonds. The molecule has 1 aromatic heterocycles. The van der Waals surface area contributed by atoms with Crippen LogP contribution < -0.4 is 5.63 Å². The Balaban J connectivity index is 1.60. The number of hydrogen-bond acceptors (Lipinski definition) is 4. The minimum atomic E-state index is -0.713. The summed E-state index contributed by atoms with van der Waals surface area (Å²) in [5.41, 5.74) is 2.91. The molecule has 170 valence electrons. The summed E-state index contributed by atoms with van der Waals surface area (Å²) in [6.07, 6.45) is 1.38. The van der Waals surface area contributed by atoms with E-state index in [2.05, 4.69) is 15.9 Å². The number of fused-ring (bicyclic) bond motifs is 1. The van der Waals surface area contributed by atoms with E-state index in [1.807, 2.05) is 42.5 Å². The lowest BCUT2D eigenvalue weighted by Gasteiger charge is -2.11. The topological polar surface area (TPSA) is 67.5 Å². The summed E-state index contributed by atoms with van der Waals surface area (Å²) < 4.78 is 6.46. The van der Waals surface area contributed by atoms with Crippen molar-refractivity contribution in [1.82, 2.24) is 0 Å². The molecular weight excluding hydrogens is 504 g/mol. The van der Waals surface area contributed by atoms with Crippen LogP contribution in [0.2, 0.25) is 0 Å². The Kier molecular flexibility index (Phi) is 6.17. The molecule has 0 unspecified atom stereocenters. The second-order valence-electron chi connectivity index (χ2n) is 7.98. The lowest BCUT2D eigenvalue weighted by Crippen LogP contribution is -2.09. The van der Waals surface area contributed by atoms with Gasteiger partial charge in [0.15, 0.2) is 5.78 Å². The maximum Gasteiger partial charge on any atom is 0.348 e. The van der Waals surface area contributed by atoms with Crippen molar-refractivity contribution < 1.29 is 14.3 Å². The molecule has 5 rings (SSSR count). The fourth-order valence-electron chi connectivity index (χ4n) is 3.97. The van der Waals surface area contributed by atoms with Gasteiger partial charge in [-0.1, -0.05) is 94.8 Å². The molecule has 0 aliphatic carbocycles. The fraction of sp³-hybridized carbons (Fsp3) is 0.